The maximum Gasteiger partial charge on any atom is 0.402 e. The molecule has 0 radical (unpaired) electrons. The minimum atomic E-state index is -4.72. The third-order valence-electron chi connectivity index (χ3n) is 2.31. The number of alkyl halides is 3. The first-order valence-corrected chi connectivity index (χ1v) is 8.56. The van der Waals surface area contributed by atoms with Gasteiger partial charge in [-0.2, -0.15) is 17.5 Å². The van der Waals surface area contributed by atoms with Crippen molar-refractivity contribution in [1.82, 2.24) is 4.31 Å². The Bertz CT molecular complexity index is 600. The van der Waals surface area contributed by atoms with Crippen molar-refractivity contribution in [3.8, 4) is 0 Å². The van der Waals surface area contributed by atoms with Gasteiger partial charge in [0.05, 0.1) is 13.5 Å². The van der Waals surface area contributed by atoms with Crippen molar-refractivity contribution in [2.45, 2.75) is 16.8 Å². The van der Waals surface area contributed by atoms with E-state index in [2.05, 4.69) is 20.7 Å². The Kier molecular flexibility index (Phi) is 6.20. The fourth-order valence-corrected chi connectivity index (χ4v) is 5.26. The van der Waals surface area contributed by atoms with Crippen LogP contribution in [0.25, 0.3) is 0 Å². The van der Waals surface area contributed by atoms with Crippen molar-refractivity contribution in [3.63, 3.8) is 0 Å². The molecule has 0 saturated carbocycles. The van der Waals surface area contributed by atoms with Crippen molar-refractivity contribution < 1.29 is 31.1 Å². The average molecular weight is 410 g/mol. The summed E-state index contributed by atoms with van der Waals surface area (Å²) in [4.78, 5) is 11.0. The first-order chi connectivity index (χ1) is 9.58. The number of halogens is 4. The molecule has 0 bridgehead atoms. The summed E-state index contributed by atoms with van der Waals surface area (Å²) in [6.07, 6.45) is -5.18. The van der Waals surface area contributed by atoms with Gasteiger partial charge in [0.1, 0.15) is 10.8 Å². The Morgan fingerprint density at radius 2 is 2.10 bits per heavy atom. The Balaban J connectivity index is 3.05. The molecule has 0 atom stereocenters. The van der Waals surface area contributed by atoms with Crippen LogP contribution in [0, 0.1) is 0 Å². The smallest absolute Gasteiger partial charge is 0.402 e. The quantitative estimate of drug-likeness (QED) is 0.677. The fraction of sp³-hybridized carbons (Fsp3) is 0.500. The van der Waals surface area contributed by atoms with Gasteiger partial charge in [0, 0.05) is 11.0 Å². The van der Waals surface area contributed by atoms with Crippen LogP contribution in [0.15, 0.2) is 20.1 Å². The van der Waals surface area contributed by atoms with Gasteiger partial charge >= 0.3 is 12.1 Å². The number of methoxy groups -OCH3 is 1. The number of carbonyl (C=O) groups excluding carboxylic acids is 1. The summed E-state index contributed by atoms with van der Waals surface area (Å²) in [6.45, 7) is -2.28. The van der Waals surface area contributed by atoms with Gasteiger partial charge in [0.15, 0.2) is 0 Å². The van der Waals surface area contributed by atoms with Crippen LogP contribution in [-0.4, -0.2) is 45.1 Å². The van der Waals surface area contributed by atoms with Crippen LogP contribution in [-0.2, 0) is 19.6 Å². The highest BCUT2D eigenvalue weighted by atomic mass is 79.9. The maximum atomic E-state index is 12.6. The molecule has 1 aromatic heterocycles. The SMILES string of the molecule is COC(=O)CCN(CC(F)(F)F)S(=O)(=O)c1sccc1Br. The lowest BCUT2D eigenvalue weighted by molar-refractivity contribution is -0.144. The number of hydrogen-bond donors (Lipinski definition) is 0. The van der Waals surface area contributed by atoms with Gasteiger partial charge in [0.25, 0.3) is 10.0 Å². The number of esters is 1. The van der Waals surface area contributed by atoms with Crippen LogP contribution in [0.1, 0.15) is 6.42 Å². The first kappa shape index (κ1) is 18.4. The molecule has 11 heteroatoms. The van der Waals surface area contributed by atoms with Crippen molar-refractivity contribution in [3.05, 3.63) is 15.9 Å². The standard InChI is InChI=1S/C10H11BrF3NO4S2/c1-19-8(16)2-4-15(6-10(12,13)14)21(17,18)9-7(11)3-5-20-9/h3,5H,2,4,6H2,1H3. The van der Waals surface area contributed by atoms with E-state index in [1.54, 1.807) is 0 Å². The van der Waals surface area contributed by atoms with Crippen LogP contribution in [0.4, 0.5) is 13.2 Å². The summed E-state index contributed by atoms with van der Waals surface area (Å²) in [5.74, 6) is -0.789. The van der Waals surface area contributed by atoms with E-state index in [9.17, 15) is 26.4 Å². The molecule has 0 saturated heterocycles. The molecule has 0 unspecified atom stereocenters. The van der Waals surface area contributed by atoms with Crippen molar-refractivity contribution in [1.29, 1.82) is 0 Å². The molecule has 0 fully saturated rings. The van der Waals surface area contributed by atoms with Crippen molar-refractivity contribution >= 4 is 43.3 Å². The summed E-state index contributed by atoms with van der Waals surface area (Å²) < 4.78 is 66.6. The van der Waals surface area contributed by atoms with Gasteiger partial charge in [-0.1, -0.05) is 0 Å². The Labute approximate surface area is 131 Å². The molecule has 0 aliphatic carbocycles. The number of sulfonamides is 1. The largest absolute Gasteiger partial charge is 0.469 e. The average Bonchev–Trinajstić information content (AvgIpc) is 2.79. The maximum absolute atomic E-state index is 12.6. The number of carbonyl (C=O) groups is 1. The summed E-state index contributed by atoms with van der Waals surface area (Å²) in [5, 5.41) is 1.43. The molecule has 120 valence electrons. The molecule has 0 spiro atoms. The third kappa shape index (κ3) is 5.24. The van der Waals surface area contributed by atoms with Crippen molar-refractivity contribution in [2.24, 2.45) is 0 Å². The van der Waals surface area contributed by atoms with Gasteiger partial charge in [-0.25, -0.2) is 8.42 Å². The molecule has 0 aromatic carbocycles. The lowest BCUT2D eigenvalue weighted by Gasteiger charge is -2.22. The number of hydrogen-bond acceptors (Lipinski definition) is 5. The second-order valence-electron chi connectivity index (χ2n) is 3.84. The number of rotatable bonds is 6. The lowest BCUT2D eigenvalue weighted by atomic mass is 10.4. The fourth-order valence-electron chi connectivity index (χ4n) is 1.38. The summed E-state index contributed by atoms with van der Waals surface area (Å²) >= 11 is 3.77. The molecule has 21 heavy (non-hydrogen) atoms. The number of ether oxygens (including phenoxy) is 1. The Morgan fingerprint density at radius 3 is 2.52 bits per heavy atom. The zero-order valence-electron chi connectivity index (χ0n) is 10.7. The van der Waals surface area contributed by atoms with Crippen molar-refractivity contribution in [2.75, 3.05) is 20.2 Å². The minimum absolute atomic E-state index is 0.178. The van der Waals surface area contributed by atoms with Gasteiger partial charge in [0.2, 0.25) is 0 Å². The lowest BCUT2D eigenvalue weighted by Crippen LogP contribution is -2.40. The molecule has 0 aliphatic rings. The van der Waals surface area contributed by atoms with Gasteiger partial charge in [-0.15, -0.1) is 11.3 Å². The molecule has 5 nitrogen and oxygen atoms in total. The van der Waals surface area contributed by atoms with Crippen LogP contribution >= 0.6 is 27.3 Å². The molecular formula is C10H11BrF3NO4S2. The van der Waals surface area contributed by atoms with E-state index in [4.69, 9.17) is 0 Å². The third-order valence-corrected chi connectivity index (χ3v) is 6.80. The molecule has 0 aliphatic heterocycles. The number of thiophene rings is 1. The second-order valence-corrected chi connectivity index (χ2v) is 7.74. The van der Waals surface area contributed by atoms with Crippen LogP contribution in [0.5, 0.6) is 0 Å². The molecule has 1 aromatic rings. The summed E-state index contributed by atoms with van der Waals surface area (Å²) in [6, 6.07) is 1.42. The van der Waals surface area contributed by atoms with E-state index in [-0.39, 0.29) is 13.0 Å². The van der Waals surface area contributed by atoms with E-state index < -0.39 is 41.7 Å². The highest BCUT2D eigenvalue weighted by Gasteiger charge is 2.38. The van der Waals surface area contributed by atoms with E-state index in [0.29, 0.717) is 0 Å². The van der Waals surface area contributed by atoms with Gasteiger partial charge in [-0.05, 0) is 27.4 Å². The molecule has 1 heterocycles. The predicted octanol–water partition coefficient (Wildman–Crippen LogP) is 2.63. The van der Waals surface area contributed by atoms with E-state index in [1.165, 1.54) is 11.4 Å². The monoisotopic (exact) mass is 409 g/mol. The predicted molar refractivity (Wildman–Crippen MR) is 73.5 cm³/mol. The van der Waals surface area contributed by atoms with Crippen LogP contribution in [0.2, 0.25) is 0 Å². The highest BCUT2D eigenvalue weighted by molar-refractivity contribution is 9.10. The zero-order valence-corrected chi connectivity index (χ0v) is 13.9. The normalized spacial score (nSPS) is 12.7. The van der Waals surface area contributed by atoms with E-state index >= 15 is 0 Å². The summed E-state index contributed by atoms with van der Waals surface area (Å²) in [5.41, 5.74) is 0. The van der Waals surface area contributed by atoms with Crippen LogP contribution < -0.4 is 0 Å². The first-order valence-electron chi connectivity index (χ1n) is 5.44. The topological polar surface area (TPSA) is 63.7 Å². The molecule has 0 N–H and O–H groups in total. The van der Waals surface area contributed by atoms with E-state index in [1.807, 2.05) is 0 Å². The van der Waals surface area contributed by atoms with E-state index in [0.717, 1.165) is 18.4 Å². The van der Waals surface area contributed by atoms with Gasteiger partial charge in [-0.3, -0.25) is 4.79 Å². The molecule has 1 rings (SSSR count). The Morgan fingerprint density at radius 1 is 1.48 bits per heavy atom. The minimum Gasteiger partial charge on any atom is -0.469 e. The highest BCUT2D eigenvalue weighted by Crippen LogP contribution is 2.32. The Hall–Kier alpha value is -0.650. The number of nitrogens with zero attached hydrogens (tertiary/aromatic N) is 1. The van der Waals surface area contributed by atoms with Crippen LogP contribution in [0.3, 0.4) is 0 Å². The molecule has 0 amide bonds. The molecular weight excluding hydrogens is 399 g/mol. The van der Waals surface area contributed by atoms with Gasteiger partial charge < -0.3 is 4.74 Å². The second kappa shape index (κ2) is 7.07. The zero-order chi connectivity index (χ0) is 16.3. The summed E-state index contributed by atoms with van der Waals surface area (Å²) in [7, 11) is -3.28.